The summed E-state index contributed by atoms with van der Waals surface area (Å²) in [5, 5.41) is 7.15. The fourth-order valence-electron chi connectivity index (χ4n) is 4.17. The van der Waals surface area contributed by atoms with E-state index in [0.717, 1.165) is 11.3 Å². The molecule has 3 aromatic rings. The molecule has 12 heteroatoms. The molecule has 4 rings (SSSR count). The van der Waals surface area contributed by atoms with E-state index in [9.17, 15) is 22.8 Å². The number of fused-ring (bicyclic) bond motifs is 1. The number of aromatic nitrogens is 2. The topological polar surface area (TPSA) is 138 Å². The maximum atomic E-state index is 13.2. The zero-order valence-electron chi connectivity index (χ0n) is 20.6. The average Bonchev–Trinajstić information content (AvgIpc) is 3.36. The van der Waals surface area contributed by atoms with Crippen molar-refractivity contribution in [2.45, 2.75) is 49.4 Å². The molecular weight excluding hydrogens is 514 g/mol. The number of Topliss-reactive ketones (excluding diaryl/α,β-unsaturated/α-hetero) is 1. The molecule has 0 aliphatic carbocycles. The molecule has 1 fully saturated rings. The van der Waals surface area contributed by atoms with E-state index in [0.29, 0.717) is 30.3 Å². The number of benzene rings is 1. The molecule has 1 aliphatic heterocycles. The Morgan fingerprint density at radius 2 is 1.92 bits per heavy atom. The van der Waals surface area contributed by atoms with Crippen molar-refractivity contribution in [2.75, 3.05) is 13.1 Å². The quantitative estimate of drug-likeness (QED) is 0.445. The van der Waals surface area contributed by atoms with Crippen LogP contribution in [0.15, 0.2) is 52.2 Å². The highest BCUT2D eigenvalue weighted by atomic mass is 32.2. The Balaban J connectivity index is 1.44. The van der Waals surface area contributed by atoms with Gasteiger partial charge in [-0.15, -0.1) is 11.3 Å². The minimum atomic E-state index is -3.77. The number of carbonyl (C=O) groups excluding carboxylic acids is 3. The standard InChI is InChI=1S/C25H29N5O5S2/c1-16(2)13-20(29-25(33)21-14-26-17-7-3-4-8-18(17)27-21)24(32)28-19-9-5-11-30(15-22(19)31)37(34,35)23-10-6-12-36-23/h3-4,6-8,10,12,14,16,19-20H,5,9,11,13,15H2,1-2H3,(H,28,32)(H,29,33)/t19?,20-/m0/s1. The van der Waals surface area contributed by atoms with Gasteiger partial charge in [0.25, 0.3) is 15.9 Å². The van der Waals surface area contributed by atoms with Gasteiger partial charge in [0.05, 0.1) is 29.8 Å². The Labute approximate surface area is 219 Å². The number of carbonyl (C=O) groups is 3. The van der Waals surface area contributed by atoms with Crippen LogP contribution in [-0.4, -0.2) is 65.5 Å². The lowest BCUT2D eigenvalue weighted by Crippen LogP contribution is -2.52. The lowest BCUT2D eigenvalue weighted by atomic mass is 10.0. The molecule has 2 atom stereocenters. The molecular formula is C25H29N5O5S2. The maximum Gasteiger partial charge on any atom is 0.272 e. The van der Waals surface area contributed by atoms with Crippen LogP contribution in [-0.2, 0) is 19.6 Å². The number of para-hydroxylation sites is 2. The summed E-state index contributed by atoms with van der Waals surface area (Å²) < 4.78 is 27.1. The third kappa shape index (κ3) is 6.38. The lowest BCUT2D eigenvalue weighted by Gasteiger charge is -2.23. The van der Waals surface area contributed by atoms with Gasteiger partial charge in [0.1, 0.15) is 15.9 Å². The van der Waals surface area contributed by atoms with E-state index in [1.54, 1.807) is 29.6 Å². The molecule has 10 nitrogen and oxygen atoms in total. The van der Waals surface area contributed by atoms with E-state index in [1.165, 1.54) is 16.6 Å². The Bertz CT molecular complexity index is 1390. The van der Waals surface area contributed by atoms with Crippen molar-refractivity contribution in [1.82, 2.24) is 24.9 Å². The van der Waals surface area contributed by atoms with E-state index in [2.05, 4.69) is 20.6 Å². The molecule has 1 unspecified atom stereocenters. The third-order valence-electron chi connectivity index (χ3n) is 6.04. The first-order chi connectivity index (χ1) is 17.6. The molecule has 1 aromatic carbocycles. The molecule has 1 saturated heterocycles. The first kappa shape index (κ1) is 26.8. The van der Waals surface area contributed by atoms with Crippen molar-refractivity contribution in [2.24, 2.45) is 5.92 Å². The summed E-state index contributed by atoms with van der Waals surface area (Å²) in [6, 6.07) is 8.56. The highest BCUT2D eigenvalue weighted by Gasteiger charge is 2.34. The van der Waals surface area contributed by atoms with Crippen LogP contribution in [0.5, 0.6) is 0 Å². The number of rotatable bonds is 8. The van der Waals surface area contributed by atoms with Crippen molar-refractivity contribution in [3.8, 4) is 0 Å². The van der Waals surface area contributed by atoms with E-state index in [1.807, 2.05) is 19.9 Å². The molecule has 0 spiro atoms. The van der Waals surface area contributed by atoms with Gasteiger partial charge in [-0.1, -0.05) is 32.0 Å². The largest absolute Gasteiger partial charge is 0.344 e. The number of hydrogen-bond donors (Lipinski definition) is 2. The Kier molecular flexibility index (Phi) is 8.30. The van der Waals surface area contributed by atoms with Crippen molar-refractivity contribution in [3.05, 3.63) is 53.7 Å². The summed E-state index contributed by atoms with van der Waals surface area (Å²) in [6.45, 7) is 3.71. The number of ketones is 1. The summed E-state index contributed by atoms with van der Waals surface area (Å²) in [5.41, 5.74) is 1.30. The van der Waals surface area contributed by atoms with Crippen molar-refractivity contribution >= 4 is 50.0 Å². The van der Waals surface area contributed by atoms with Gasteiger partial charge in [-0.3, -0.25) is 19.4 Å². The SMILES string of the molecule is CC(C)C[C@H](NC(=O)c1cnc2ccccc2n1)C(=O)NC1CCCN(S(=O)(=O)c2cccs2)CC1=O. The van der Waals surface area contributed by atoms with Gasteiger partial charge in [0.15, 0.2) is 5.78 Å². The zero-order valence-corrected chi connectivity index (χ0v) is 22.2. The third-order valence-corrected chi connectivity index (χ3v) is 9.26. The molecule has 0 saturated carbocycles. The summed E-state index contributed by atoms with van der Waals surface area (Å²) in [4.78, 5) is 47.7. The highest BCUT2D eigenvalue weighted by molar-refractivity contribution is 7.91. The van der Waals surface area contributed by atoms with Gasteiger partial charge in [0, 0.05) is 6.54 Å². The van der Waals surface area contributed by atoms with Gasteiger partial charge < -0.3 is 10.6 Å². The predicted octanol–water partition coefficient (Wildman–Crippen LogP) is 2.37. The van der Waals surface area contributed by atoms with Crippen molar-refractivity contribution in [3.63, 3.8) is 0 Å². The van der Waals surface area contributed by atoms with Crippen LogP contribution >= 0.6 is 11.3 Å². The normalized spacial score (nSPS) is 17.9. The minimum absolute atomic E-state index is 0.0787. The van der Waals surface area contributed by atoms with E-state index < -0.39 is 33.9 Å². The number of nitrogens with zero attached hydrogens (tertiary/aromatic N) is 3. The maximum absolute atomic E-state index is 13.2. The fourth-order valence-corrected chi connectivity index (χ4v) is 6.75. The zero-order chi connectivity index (χ0) is 26.6. The van der Waals surface area contributed by atoms with Crippen LogP contribution in [0.2, 0.25) is 0 Å². The van der Waals surface area contributed by atoms with Crippen LogP contribution < -0.4 is 10.6 Å². The molecule has 196 valence electrons. The first-order valence-electron chi connectivity index (χ1n) is 12.0. The van der Waals surface area contributed by atoms with Gasteiger partial charge >= 0.3 is 0 Å². The van der Waals surface area contributed by atoms with Crippen molar-refractivity contribution < 1.29 is 22.8 Å². The van der Waals surface area contributed by atoms with Gasteiger partial charge in [-0.25, -0.2) is 13.4 Å². The van der Waals surface area contributed by atoms with Gasteiger partial charge in [-0.2, -0.15) is 4.31 Å². The van der Waals surface area contributed by atoms with E-state index in [-0.39, 0.29) is 34.7 Å². The van der Waals surface area contributed by atoms with Crippen LogP contribution in [0.4, 0.5) is 0 Å². The van der Waals surface area contributed by atoms with Gasteiger partial charge in [-0.05, 0) is 48.8 Å². The number of sulfonamides is 1. The fraction of sp³-hybridized carbons (Fsp3) is 0.400. The Morgan fingerprint density at radius 1 is 1.16 bits per heavy atom. The lowest BCUT2D eigenvalue weighted by molar-refractivity contribution is -0.129. The average molecular weight is 544 g/mol. The summed E-state index contributed by atoms with van der Waals surface area (Å²) in [6.07, 6.45) is 2.42. The van der Waals surface area contributed by atoms with E-state index in [4.69, 9.17) is 0 Å². The summed E-state index contributed by atoms with van der Waals surface area (Å²) in [7, 11) is -3.77. The number of nitrogens with one attached hydrogen (secondary N) is 2. The van der Waals surface area contributed by atoms with Crippen LogP contribution in [0.1, 0.15) is 43.6 Å². The number of thiophene rings is 1. The Hall–Kier alpha value is -3.22. The highest BCUT2D eigenvalue weighted by Crippen LogP contribution is 2.23. The molecule has 2 N–H and O–H groups in total. The molecule has 0 bridgehead atoms. The minimum Gasteiger partial charge on any atom is -0.344 e. The van der Waals surface area contributed by atoms with Crippen LogP contribution in [0.25, 0.3) is 11.0 Å². The van der Waals surface area contributed by atoms with E-state index >= 15 is 0 Å². The monoisotopic (exact) mass is 543 g/mol. The second-order valence-electron chi connectivity index (χ2n) is 9.34. The van der Waals surface area contributed by atoms with Gasteiger partial charge in [0.2, 0.25) is 5.91 Å². The second-order valence-corrected chi connectivity index (χ2v) is 12.5. The molecule has 2 amide bonds. The Morgan fingerprint density at radius 3 is 2.62 bits per heavy atom. The summed E-state index contributed by atoms with van der Waals surface area (Å²) >= 11 is 1.10. The molecule has 1 aliphatic rings. The second kappa shape index (κ2) is 11.4. The van der Waals surface area contributed by atoms with Crippen molar-refractivity contribution in [1.29, 1.82) is 0 Å². The number of amides is 2. The first-order valence-corrected chi connectivity index (χ1v) is 14.4. The summed E-state index contributed by atoms with van der Waals surface area (Å²) in [5.74, 6) is -1.35. The van der Waals surface area contributed by atoms with Crippen LogP contribution in [0, 0.1) is 5.92 Å². The molecule has 3 heterocycles. The smallest absolute Gasteiger partial charge is 0.272 e. The molecule has 0 radical (unpaired) electrons. The molecule has 2 aromatic heterocycles. The predicted molar refractivity (Wildman–Crippen MR) is 139 cm³/mol. The van der Waals surface area contributed by atoms with Crippen LogP contribution in [0.3, 0.4) is 0 Å². The molecule has 37 heavy (non-hydrogen) atoms. The number of hydrogen-bond acceptors (Lipinski definition) is 8.